The Morgan fingerprint density at radius 3 is 3.07 bits per heavy atom. The maximum absolute atomic E-state index is 11.1. The van der Waals surface area contributed by atoms with Crippen molar-refractivity contribution in [1.82, 2.24) is 0 Å². The van der Waals surface area contributed by atoms with Crippen LogP contribution in [0.25, 0.3) is 0 Å². The summed E-state index contributed by atoms with van der Waals surface area (Å²) in [5.74, 6) is 1.81. The zero-order chi connectivity index (χ0) is 11.1. The van der Waals surface area contributed by atoms with Gasteiger partial charge in [-0.1, -0.05) is 13.0 Å². The maximum Gasteiger partial charge on any atom is 0.309 e. The van der Waals surface area contributed by atoms with Gasteiger partial charge in [-0.15, -0.1) is 11.3 Å². The summed E-state index contributed by atoms with van der Waals surface area (Å²) in [6.45, 7) is 1.91. The number of thioether (sulfide) groups is 1. The number of ether oxygens (including phenoxy) is 1. The normalized spacial score (nSPS) is 12.4. The summed E-state index contributed by atoms with van der Waals surface area (Å²) in [5, 5.41) is 2.09. The summed E-state index contributed by atoms with van der Waals surface area (Å²) < 4.78 is 4.66. The van der Waals surface area contributed by atoms with Crippen LogP contribution < -0.4 is 0 Å². The van der Waals surface area contributed by atoms with E-state index in [-0.39, 0.29) is 11.9 Å². The molecule has 0 N–H and O–H groups in total. The first-order valence-corrected chi connectivity index (χ1v) is 6.95. The lowest BCUT2D eigenvalue weighted by Gasteiger charge is -2.07. The lowest BCUT2D eigenvalue weighted by atomic mass is 10.2. The molecule has 4 heteroatoms. The summed E-state index contributed by atoms with van der Waals surface area (Å²) in [7, 11) is 1.44. The predicted molar refractivity (Wildman–Crippen MR) is 66.5 cm³/mol. The number of rotatable bonds is 6. The first kappa shape index (κ1) is 12.6. The molecule has 0 aliphatic rings. The number of thiophene rings is 1. The van der Waals surface area contributed by atoms with E-state index in [1.807, 2.05) is 18.7 Å². The average Bonchev–Trinajstić information content (AvgIpc) is 2.75. The van der Waals surface area contributed by atoms with E-state index < -0.39 is 0 Å². The predicted octanol–water partition coefficient (Wildman–Crippen LogP) is 2.83. The van der Waals surface area contributed by atoms with E-state index in [2.05, 4.69) is 22.2 Å². The first-order chi connectivity index (χ1) is 7.24. The highest BCUT2D eigenvalue weighted by atomic mass is 32.2. The zero-order valence-electron chi connectivity index (χ0n) is 9.06. The van der Waals surface area contributed by atoms with Crippen LogP contribution >= 0.6 is 23.1 Å². The minimum atomic E-state index is -0.112. The van der Waals surface area contributed by atoms with Gasteiger partial charge in [0.05, 0.1) is 13.0 Å². The smallest absolute Gasteiger partial charge is 0.309 e. The minimum Gasteiger partial charge on any atom is -0.469 e. The van der Waals surface area contributed by atoms with Crippen molar-refractivity contribution in [2.24, 2.45) is 5.92 Å². The number of hydrogen-bond donors (Lipinski definition) is 0. The van der Waals surface area contributed by atoms with E-state index in [9.17, 15) is 4.79 Å². The molecule has 1 heterocycles. The van der Waals surface area contributed by atoms with Crippen LogP contribution in [0.2, 0.25) is 0 Å². The Balaban J connectivity index is 2.09. The summed E-state index contributed by atoms with van der Waals surface area (Å²) in [5.41, 5.74) is 0. The molecule has 84 valence electrons. The van der Waals surface area contributed by atoms with Crippen LogP contribution in [0.3, 0.4) is 0 Å². The van der Waals surface area contributed by atoms with Crippen LogP contribution in [0.4, 0.5) is 0 Å². The molecule has 0 radical (unpaired) electrons. The van der Waals surface area contributed by atoms with Crippen LogP contribution in [0.5, 0.6) is 0 Å². The van der Waals surface area contributed by atoms with Crippen molar-refractivity contribution in [3.8, 4) is 0 Å². The number of esters is 1. The van der Waals surface area contributed by atoms with Gasteiger partial charge in [0.2, 0.25) is 0 Å². The fraction of sp³-hybridized carbons (Fsp3) is 0.545. The van der Waals surface area contributed by atoms with Gasteiger partial charge in [0.1, 0.15) is 0 Å². The summed E-state index contributed by atoms with van der Waals surface area (Å²) in [4.78, 5) is 12.5. The molecule has 1 aromatic rings. The van der Waals surface area contributed by atoms with Gasteiger partial charge in [-0.3, -0.25) is 4.79 Å². The number of methoxy groups -OCH3 is 1. The molecule has 2 nitrogen and oxygen atoms in total. The van der Waals surface area contributed by atoms with Crippen molar-refractivity contribution in [3.63, 3.8) is 0 Å². The summed E-state index contributed by atoms with van der Waals surface area (Å²) >= 11 is 3.60. The van der Waals surface area contributed by atoms with Gasteiger partial charge in [-0.25, -0.2) is 0 Å². The molecule has 0 fully saturated rings. The lowest BCUT2D eigenvalue weighted by Crippen LogP contribution is -2.15. The molecule has 15 heavy (non-hydrogen) atoms. The Labute approximate surface area is 99.0 Å². The molecular formula is C11H16O2S2. The second-order valence-corrected chi connectivity index (χ2v) is 5.51. The Morgan fingerprint density at radius 1 is 1.67 bits per heavy atom. The third-order valence-electron chi connectivity index (χ3n) is 2.04. The Bertz CT molecular complexity index is 283. The van der Waals surface area contributed by atoms with E-state index in [4.69, 9.17) is 0 Å². The van der Waals surface area contributed by atoms with E-state index in [0.717, 1.165) is 17.9 Å². The number of hydrogen-bond acceptors (Lipinski definition) is 4. The molecule has 0 saturated carbocycles. The highest BCUT2D eigenvalue weighted by Gasteiger charge is 2.12. The van der Waals surface area contributed by atoms with E-state index in [0.29, 0.717) is 0 Å². The summed E-state index contributed by atoms with van der Waals surface area (Å²) in [6.07, 6.45) is 1.09. The SMILES string of the molecule is COC(=O)C(C)CSCCc1cccs1. The topological polar surface area (TPSA) is 26.3 Å². The van der Waals surface area contributed by atoms with Crippen LogP contribution in [-0.4, -0.2) is 24.6 Å². The van der Waals surface area contributed by atoms with Gasteiger partial charge >= 0.3 is 5.97 Å². The van der Waals surface area contributed by atoms with Crippen molar-refractivity contribution in [1.29, 1.82) is 0 Å². The molecule has 1 rings (SSSR count). The molecule has 1 atom stereocenters. The average molecular weight is 244 g/mol. The molecule has 0 aromatic carbocycles. The molecule has 0 saturated heterocycles. The van der Waals surface area contributed by atoms with E-state index in [1.54, 1.807) is 11.3 Å². The van der Waals surface area contributed by atoms with E-state index in [1.165, 1.54) is 12.0 Å². The zero-order valence-corrected chi connectivity index (χ0v) is 10.7. The lowest BCUT2D eigenvalue weighted by molar-refractivity contribution is -0.143. The molecule has 0 aliphatic carbocycles. The van der Waals surface area contributed by atoms with Crippen LogP contribution in [0.15, 0.2) is 17.5 Å². The largest absolute Gasteiger partial charge is 0.469 e. The first-order valence-electron chi connectivity index (χ1n) is 4.92. The Kier molecular flexibility index (Phi) is 5.79. The number of carbonyl (C=O) groups excluding carboxylic acids is 1. The fourth-order valence-corrected chi connectivity index (χ4v) is 3.02. The molecule has 0 amide bonds. The van der Waals surface area contributed by atoms with Gasteiger partial charge in [-0.2, -0.15) is 11.8 Å². The van der Waals surface area contributed by atoms with Gasteiger partial charge in [0.25, 0.3) is 0 Å². The van der Waals surface area contributed by atoms with Crippen molar-refractivity contribution < 1.29 is 9.53 Å². The van der Waals surface area contributed by atoms with E-state index >= 15 is 0 Å². The van der Waals surface area contributed by atoms with Crippen molar-refractivity contribution in [2.75, 3.05) is 18.6 Å². The van der Waals surface area contributed by atoms with Crippen LogP contribution in [0, 0.1) is 5.92 Å². The van der Waals surface area contributed by atoms with Crippen molar-refractivity contribution in [2.45, 2.75) is 13.3 Å². The van der Waals surface area contributed by atoms with Gasteiger partial charge in [0.15, 0.2) is 0 Å². The highest BCUT2D eigenvalue weighted by molar-refractivity contribution is 7.99. The quantitative estimate of drug-likeness (QED) is 0.568. The second kappa shape index (κ2) is 6.90. The molecule has 0 bridgehead atoms. The van der Waals surface area contributed by atoms with Gasteiger partial charge in [-0.05, 0) is 23.6 Å². The van der Waals surface area contributed by atoms with Crippen molar-refractivity contribution >= 4 is 29.1 Å². The fourth-order valence-electron chi connectivity index (χ4n) is 1.16. The molecule has 0 aliphatic heterocycles. The molecule has 0 spiro atoms. The highest BCUT2D eigenvalue weighted by Crippen LogP contribution is 2.15. The van der Waals surface area contributed by atoms with Crippen LogP contribution in [0.1, 0.15) is 11.8 Å². The third kappa shape index (κ3) is 4.71. The Hall–Kier alpha value is -0.480. The molecule has 1 unspecified atom stereocenters. The van der Waals surface area contributed by atoms with Crippen LogP contribution in [-0.2, 0) is 16.0 Å². The number of aryl methyl sites for hydroxylation is 1. The third-order valence-corrected chi connectivity index (χ3v) is 4.21. The molecular weight excluding hydrogens is 228 g/mol. The standard InChI is InChI=1S/C11H16O2S2/c1-9(11(12)13-2)8-14-7-5-10-4-3-6-15-10/h3-4,6,9H,5,7-8H2,1-2H3. The summed E-state index contributed by atoms with van der Waals surface area (Å²) in [6, 6.07) is 4.22. The second-order valence-electron chi connectivity index (χ2n) is 3.33. The molecule has 1 aromatic heterocycles. The monoisotopic (exact) mass is 244 g/mol. The Morgan fingerprint density at radius 2 is 2.47 bits per heavy atom. The minimum absolute atomic E-state index is 0.00309. The van der Waals surface area contributed by atoms with Gasteiger partial charge in [0, 0.05) is 10.6 Å². The van der Waals surface area contributed by atoms with Crippen molar-refractivity contribution in [3.05, 3.63) is 22.4 Å². The number of carbonyl (C=O) groups is 1. The maximum atomic E-state index is 11.1. The van der Waals surface area contributed by atoms with Gasteiger partial charge < -0.3 is 4.74 Å².